The van der Waals surface area contributed by atoms with Crippen molar-refractivity contribution in [3.05, 3.63) is 143 Å². The number of aromatic nitrogens is 3. The lowest BCUT2D eigenvalue weighted by molar-refractivity contribution is 0.276. The smallest absolute Gasteiger partial charge is 0.188 e. The fourth-order valence-corrected chi connectivity index (χ4v) is 4.50. The summed E-state index contributed by atoms with van der Waals surface area (Å²) in [6, 6.07) is 29.3. The van der Waals surface area contributed by atoms with Crippen LogP contribution in [0.2, 0.25) is 0 Å². The Labute approximate surface area is 225 Å². The lowest BCUT2D eigenvalue weighted by Crippen LogP contribution is -2.25. The highest BCUT2D eigenvalue weighted by atomic mass is 16.5. The van der Waals surface area contributed by atoms with Crippen molar-refractivity contribution in [2.75, 3.05) is 0 Å². The largest absolute Gasteiger partial charge is 0.489 e. The Balaban J connectivity index is 1.39. The maximum atomic E-state index is 9.96. The number of aryl methyl sites for hydroxylation is 1. The van der Waals surface area contributed by atoms with Crippen molar-refractivity contribution in [1.29, 1.82) is 0 Å². The molecule has 1 aliphatic rings. The van der Waals surface area contributed by atoms with Gasteiger partial charge in [0.25, 0.3) is 0 Å². The molecule has 0 radical (unpaired) electrons. The van der Waals surface area contributed by atoms with E-state index in [1.54, 1.807) is 12.3 Å². The molecule has 0 aliphatic carbocycles. The molecule has 0 unspecified atom stereocenters. The third-order valence-electron chi connectivity index (χ3n) is 6.36. The second-order valence-corrected chi connectivity index (χ2v) is 9.06. The molecule has 1 aliphatic heterocycles. The molecule has 7 nitrogen and oxygen atoms in total. The molecule has 1 saturated heterocycles. The van der Waals surface area contributed by atoms with E-state index in [1.165, 1.54) is 11.9 Å². The minimum atomic E-state index is 0.318. The number of para-hydroxylation sites is 1. The van der Waals surface area contributed by atoms with Crippen molar-refractivity contribution in [1.82, 2.24) is 15.0 Å². The van der Waals surface area contributed by atoms with E-state index in [1.807, 2.05) is 78.9 Å². The summed E-state index contributed by atoms with van der Waals surface area (Å²) >= 11 is 0. The molecule has 6 rings (SSSR count). The van der Waals surface area contributed by atoms with Crippen LogP contribution in [0.1, 0.15) is 28.1 Å². The number of oxime groups is 1. The summed E-state index contributed by atoms with van der Waals surface area (Å²) in [4.78, 5) is 13.3. The number of nitrogens with zero attached hydrogens (tertiary/aromatic N) is 4. The first-order chi connectivity index (χ1) is 19.2. The molecule has 0 bridgehead atoms. The average Bonchev–Trinajstić information content (AvgIpc) is 2.97. The number of hydrogen-bond donors (Lipinski definition) is 1. The predicted octanol–water partition coefficient (Wildman–Crippen LogP) is 6.57. The van der Waals surface area contributed by atoms with E-state index in [0.717, 1.165) is 27.8 Å². The quantitative estimate of drug-likeness (QED) is 0.204. The van der Waals surface area contributed by atoms with Crippen LogP contribution in [0.5, 0.6) is 5.75 Å². The molecule has 0 saturated carbocycles. The summed E-state index contributed by atoms with van der Waals surface area (Å²) in [6.45, 7) is 2.53. The summed E-state index contributed by atoms with van der Waals surface area (Å²) in [5.41, 5.74) is 6.28. The highest BCUT2D eigenvalue weighted by Crippen LogP contribution is 2.39. The van der Waals surface area contributed by atoms with Gasteiger partial charge in [0.05, 0.1) is 22.5 Å². The van der Waals surface area contributed by atoms with E-state index in [2.05, 4.69) is 39.2 Å². The number of rotatable bonds is 6. The Morgan fingerprint density at radius 3 is 2.56 bits per heavy atom. The predicted molar refractivity (Wildman–Crippen MR) is 150 cm³/mol. The number of fused-ring (bicyclic) bond motifs is 1. The summed E-state index contributed by atoms with van der Waals surface area (Å²) in [5.74, 6) is 1.57. The summed E-state index contributed by atoms with van der Waals surface area (Å²) in [5, 5.41) is 14.4. The second-order valence-electron chi connectivity index (χ2n) is 9.06. The van der Waals surface area contributed by atoms with Crippen LogP contribution in [-0.2, 0) is 11.3 Å². The molecular weight excluding hydrogens is 488 g/mol. The van der Waals surface area contributed by atoms with Gasteiger partial charge in [0.1, 0.15) is 18.7 Å². The van der Waals surface area contributed by atoms with Crippen LogP contribution in [0.25, 0.3) is 22.6 Å². The maximum absolute atomic E-state index is 9.96. The van der Waals surface area contributed by atoms with Crippen LogP contribution in [0.3, 0.4) is 0 Å². The molecular formula is C32H24N4O3. The first-order valence-corrected chi connectivity index (χ1v) is 12.5. The van der Waals surface area contributed by atoms with Gasteiger partial charge >= 0.3 is 0 Å². The molecule has 1 fully saturated rings. The van der Waals surface area contributed by atoms with Gasteiger partial charge in [-0.1, -0.05) is 71.4 Å². The molecule has 1 N–H and O–H groups in total. The standard InChI is InChI=1S/C32H24N4O3/c1-21-7-6-8-22(17-21)19-38-25-14-12-23(13-15-25)29(30-26-10-2-3-11-27(26)34-20-35-30)32-31(36-37)28(39-32)18-24-9-4-5-16-33-24/h2-18,20,37H,19H2,1H3/b28-18-,32-29-,36-31+. The van der Waals surface area contributed by atoms with Gasteiger partial charge in [0, 0.05) is 17.7 Å². The monoisotopic (exact) mass is 512 g/mol. The van der Waals surface area contributed by atoms with Gasteiger partial charge in [0.2, 0.25) is 0 Å². The van der Waals surface area contributed by atoms with Gasteiger partial charge in [-0.25, -0.2) is 9.97 Å². The Morgan fingerprint density at radius 1 is 0.923 bits per heavy atom. The van der Waals surface area contributed by atoms with Crippen molar-refractivity contribution in [2.45, 2.75) is 13.5 Å². The van der Waals surface area contributed by atoms with E-state index in [-0.39, 0.29) is 0 Å². The van der Waals surface area contributed by atoms with Crippen molar-refractivity contribution in [2.24, 2.45) is 5.16 Å². The lowest BCUT2D eigenvalue weighted by atomic mass is 9.93. The van der Waals surface area contributed by atoms with E-state index in [0.29, 0.717) is 40.8 Å². The molecule has 0 atom stereocenters. The van der Waals surface area contributed by atoms with Crippen LogP contribution in [0.4, 0.5) is 0 Å². The van der Waals surface area contributed by atoms with E-state index in [4.69, 9.17) is 9.47 Å². The molecule has 2 aromatic heterocycles. The van der Waals surface area contributed by atoms with Gasteiger partial charge < -0.3 is 14.7 Å². The zero-order chi connectivity index (χ0) is 26.6. The Bertz CT molecular complexity index is 1740. The Morgan fingerprint density at radius 2 is 1.77 bits per heavy atom. The molecule has 190 valence electrons. The van der Waals surface area contributed by atoms with Crippen molar-refractivity contribution < 1.29 is 14.7 Å². The fourth-order valence-electron chi connectivity index (χ4n) is 4.50. The molecule has 0 amide bonds. The third-order valence-corrected chi connectivity index (χ3v) is 6.36. The average molecular weight is 513 g/mol. The minimum absolute atomic E-state index is 0.318. The minimum Gasteiger partial charge on any atom is -0.489 e. The molecule has 7 heteroatoms. The fraction of sp³-hybridized carbons (Fsp3) is 0.0625. The van der Waals surface area contributed by atoms with Crippen molar-refractivity contribution in [3.63, 3.8) is 0 Å². The van der Waals surface area contributed by atoms with Gasteiger partial charge in [-0.2, -0.15) is 0 Å². The van der Waals surface area contributed by atoms with Gasteiger partial charge in [0.15, 0.2) is 17.2 Å². The molecule has 39 heavy (non-hydrogen) atoms. The van der Waals surface area contributed by atoms with Gasteiger partial charge in [-0.15, -0.1) is 0 Å². The Hall–Kier alpha value is -5.30. The zero-order valence-electron chi connectivity index (χ0n) is 21.2. The van der Waals surface area contributed by atoms with Crippen LogP contribution >= 0.6 is 0 Å². The van der Waals surface area contributed by atoms with Gasteiger partial charge in [-0.05, 0) is 48.4 Å². The zero-order valence-corrected chi connectivity index (χ0v) is 21.2. The number of hydrogen-bond acceptors (Lipinski definition) is 7. The molecule has 0 spiro atoms. The first-order valence-electron chi connectivity index (χ1n) is 12.5. The third kappa shape index (κ3) is 4.98. The molecule has 5 aromatic rings. The Kier molecular flexibility index (Phi) is 6.53. The number of pyridine rings is 1. The highest BCUT2D eigenvalue weighted by Gasteiger charge is 2.35. The SMILES string of the molecule is Cc1cccc(COc2ccc(/C(=C3/OC(=C\c4ccccn4)/C3=N\O)c3ncnc4ccccc34)cc2)c1. The van der Waals surface area contributed by atoms with Crippen molar-refractivity contribution >= 4 is 28.3 Å². The summed E-state index contributed by atoms with van der Waals surface area (Å²) < 4.78 is 12.2. The summed E-state index contributed by atoms with van der Waals surface area (Å²) in [6.07, 6.45) is 4.95. The van der Waals surface area contributed by atoms with Crippen LogP contribution in [0.15, 0.2) is 120 Å². The second kappa shape index (κ2) is 10.6. The molecule has 3 heterocycles. The van der Waals surface area contributed by atoms with Crippen LogP contribution in [0, 0.1) is 6.92 Å². The summed E-state index contributed by atoms with van der Waals surface area (Å²) in [7, 11) is 0. The van der Waals surface area contributed by atoms with Crippen LogP contribution in [-0.4, -0.2) is 25.9 Å². The molecule has 3 aromatic carbocycles. The van der Waals surface area contributed by atoms with E-state index < -0.39 is 0 Å². The van der Waals surface area contributed by atoms with Gasteiger partial charge in [-0.3, -0.25) is 4.98 Å². The number of benzene rings is 3. The first kappa shape index (κ1) is 24.1. The van der Waals surface area contributed by atoms with E-state index in [9.17, 15) is 5.21 Å². The normalized spacial score (nSPS) is 16.1. The highest BCUT2D eigenvalue weighted by molar-refractivity contribution is 6.22. The number of ether oxygens (including phenoxy) is 2. The van der Waals surface area contributed by atoms with Crippen LogP contribution < -0.4 is 4.74 Å². The topological polar surface area (TPSA) is 89.7 Å². The lowest BCUT2D eigenvalue weighted by Gasteiger charge is -2.27. The van der Waals surface area contributed by atoms with E-state index >= 15 is 0 Å². The van der Waals surface area contributed by atoms with Crippen molar-refractivity contribution in [3.8, 4) is 5.75 Å². The maximum Gasteiger partial charge on any atom is 0.188 e.